The molecule has 0 aliphatic rings. The van der Waals surface area contributed by atoms with Crippen LogP contribution in [0.2, 0.25) is 0 Å². The molecule has 126 valence electrons. The van der Waals surface area contributed by atoms with E-state index in [-0.39, 0.29) is 17.4 Å². The predicted octanol–water partition coefficient (Wildman–Crippen LogP) is 6.40. The minimum Gasteiger partial charge on any atom is -0.491 e. The van der Waals surface area contributed by atoms with Crippen molar-refractivity contribution < 1.29 is 13.5 Å². The van der Waals surface area contributed by atoms with Crippen LogP contribution in [0, 0.1) is 11.6 Å². The molecule has 0 unspecified atom stereocenters. The topological polar surface area (TPSA) is 9.23 Å². The highest BCUT2D eigenvalue weighted by molar-refractivity contribution is 6.08. The van der Waals surface area contributed by atoms with Gasteiger partial charge in [-0.1, -0.05) is 44.5 Å². The number of fused-ring (bicyclic) bond motifs is 3. The number of benzene rings is 3. The van der Waals surface area contributed by atoms with Crippen molar-refractivity contribution in [3.8, 4) is 5.75 Å². The van der Waals surface area contributed by atoms with Crippen LogP contribution < -0.4 is 4.74 Å². The smallest absolute Gasteiger partial charge is 0.172 e. The fourth-order valence-corrected chi connectivity index (χ4v) is 3.06. The quantitative estimate of drug-likeness (QED) is 0.476. The van der Waals surface area contributed by atoms with E-state index in [1.54, 1.807) is 18.2 Å². The maximum Gasteiger partial charge on any atom is 0.172 e. The van der Waals surface area contributed by atoms with Crippen LogP contribution in [0.1, 0.15) is 38.7 Å². The molecule has 0 heterocycles. The van der Waals surface area contributed by atoms with Gasteiger partial charge in [0, 0.05) is 10.8 Å². The molecule has 3 heteroatoms. The number of ether oxygens (including phenoxy) is 1. The second kappa shape index (κ2) is 7.16. The van der Waals surface area contributed by atoms with Gasteiger partial charge >= 0.3 is 0 Å². The SMILES string of the molecule is CCCCc1ccc2c(ccc3c(F)c(OCCC)ccc32)c1F. The highest BCUT2D eigenvalue weighted by Gasteiger charge is 2.14. The summed E-state index contributed by atoms with van der Waals surface area (Å²) in [7, 11) is 0. The monoisotopic (exact) mass is 328 g/mol. The van der Waals surface area contributed by atoms with Gasteiger partial charge < -0.3 is 4.74 Å². The van der Waals surface area contributed by atoms with Crippen molar-refractivity contribution in [1.29, 1.82) is 0 Å². The minimum absolute atomic E-state index is 0.186. The third kappa shape index (κ3) is 2.95. The van der Waals surface area contributed by atoms with Crippen molar-refractivity contribution in [3.63, 3.8) is 0 Å². The molecule has 3 aromatic carbocycles. The Bertz CT molecular complexity index is 798. The molecule has 3 aromatic rings. The third-order valence-corrected chi connectivity index (χ3v) is 4.37. The molecule has 0 aliphatic heterocycles. The molecule has 0 aromatic heterocycles. The highest BCUT2D eigenvalue weighted by atomic mass is 19.1. The standard InChI is InChI=1S/C21H22F2O/c1-3-5-6-14-7-8-15-16-11-12-19(24-13-4-2)21(23)18(16)10-9-17(15)20(14)22/h7-12H,3-6,13H2,1-2H3. The van der Waals surface area contributed by atoms with Gasteiger partial charge in [-0.3, -0.25) is 0 Å². The van der Waals surface area contributed by atoms with Crippen LogP contribution in [0.25, 0.3) is 21.5 Å². The van der Waals surface area contributed by atoms with Crippen molar-refractivity contribution in [1.82, 2.24) is 0 Å². The number of halogens is 2. The molecule has 0 atom stereocenters. The highest BCUT2D eigenvalue weighted by Crippen LogP contribution is 2.33. The molecule has 3 rings (SSSR count). The molecule has 0 fully saturated rings. The first kappa shape index (κ1) is 16.7. The zero-order chi connectivity index (χ0) is 17.1. The molecule has 0 bridgehead atoms. The van der Waals surface area contributed by atoms with Gasteiger partial charge in [0.1, 0.15) is 5.82 Å². The molecule has 0 spiro atoms. The molecule has 0 saturated carbocycles. The van der Waals surface area contributed by atoms with Crippen LogP contribution in [0.3, 0.4) is 0 Å². The lowest BCUT2D eigenvalue weighted by atomic mass is 9.97. The Hall–Kier alpha value is -2.16. The second-order valence-corrected chi connectivity index (χ2v) is 6.12. The molecule has 0 saturated heterocycles. The summed E-state index contributed by atoms with van der Waals surface area (Å²) in [6.45, 7) is 4.55. The lowest BCUT2D eigenvalue weighted by Crippen LogP contribution is -1.98. The summed E-state index contributed by atoms with van der Waals surface area (Å²) in [4.78, 5) is 0. The number of rotatable bonds is 6. The van der Waals surface area contributed by atoms with Gasteiger partial charge in [0.2, 0.25) is 0 Å². The molecule has 0 radical (unpaired) electrons. The van der Waals surface area contributed by atoms with Crippen molar-refractivity contribution in [2.45, 2.75) is 39.5 Å². The van der Waals surface area contributed by atoms with Crippen LogP contribution in [-0.2, 0) is 6.42 Å². The summed E-state index contributed by atoms with van der Waals surface area (Å²) < 4.78 is 34.8. The minimum atomic E-state index is -0.377. The summed E-state index contributed by atoms with van der Waals surface area (Å²) in [5.74, 6) is -0.309. The fourth-order valence-electron chi connectivity index (χ4n) is 3.06. The van der Waals surface area contributed by atoms with Gasteiger partial charge in [0.25, 0.3) is 0 Å². The van der Waals surface area contributed by atoms with Gasteiger partial charge in [-0.2, -0.15) is 0 Å². The van der Waals surface area contributed by atoms with E-state index in [9.17, 15) is 8.78 Å². The van der Waals surface area contributed by atoms with E-state index in [0.717, 1.165) is 42.0 Å². The first-order chi connectivity index (χ1) is 11.7. The lowest BCUT2D eigenvalue weighted by molar-refractivity contribution is 0.302. The first-order valence-electron chi connectivity index (χ1n) is 8.62. The molecule has 1 nitrogen and oxygen atoms in total. The van der Waals surface area contributed by atoms with E-state index in [1.165, 1.54) is 0 Å². The van der Waals surface area contributed by atoms with Crippen molar-refractivity contribution in [3.05, 3.63) is 53.6 Å². The first-order valence-corrected chi connectivity index (χ1v) is 8.62. The number of aryl methyl sites for hydroxylation is 1. The molecule has 0 amide bonds. The van der Waals surface area contributed by atoms with Crippen LogP contribution in [-0.4, -0.2) is 6.61 Å². The Balaban J connectivity index is 2.14. The fraction of sp³-hybridized carbons (Fsp3) is 0.333. The maximum atomic E-state index is 14.7. The molecule has 0 N–H and O–H groups in total. The lowest BCUT2D eigenvalue weighted by Gasteiger charge is -2.12. The average Bonchev–Trinajstić information content (AvgIpc) is 2.60. The maximum absolute atomic E-state index is 14.7. The average molecular weight is 328 g/mol. The number of hydrogen-bond donors (Lipinski definition) is 0. The van der Waals surface area contributed by atoms with Gasteiger partial charge in [0.05, 0.1) is 6.61 Å². The zero-order valence-electron chi connectivity index (χ0n) is 14.2. The Morgan fingerprint density at radius 2 is 1.38 bits per heavy atom. The number of hydrogen-bond acceptors (Lipinski definition) is 1. The van der Waals surface area contributed by atoms with Crippen LogP contribution in [0.4, 0.5) is 8.78 Å². The third-order valence-electron chi connectivity index (χ3n) is 4.37. The van der Waals surface area contributed by atoms with Crippen LogP contribution in [0.5, 0.6) is 5.75 Å². The Kier molecular flexibility index (Phi) is 4.98. The zero-order valence-corrected chi connectivity index (χ0v) is 14.2. The largest absolute Gasteiger partial charge is 0.491 e. The molecular weight excluding hydrogens is 306 g/mol. The predicted molar refractivity (Wildman–Crippen MR) is 95.8 cm³/mol. The van der Waals surface area contributed by atoms with Gasteiger partial charge in [-0.25, -0.2) is 8.78 Å². The van der Waals surface area contributed by atoms with Gasteiger partial charge in [0.15, 0.2) is 11.6 Å². The Morgan fingerprint density at radius 1 is 0.750 bits per heavy atom. The van der Waals surface area contributed by atoms with Crippen molar-refractivity contribution in [2.75, 3.05) is 6.61 Å². The molecule has 0 aliphatic carbocycles. The Labute approximate surface area is 141 Å². The summed E-state index contributed by atoms with van der Waals surface area (Å²) >= 11 is 0. The van der Waals surface area contributed by atoms with E-state index >= 15 is 0 Å². The number of unbranched alkanes of at least 4 members (excludes halogenated alkanes) is 1. The van der Waals surface area contributed by atoms with Crippen LogP contribution in [0.15, 0.2) is 36.4 Å². The Morgan fingerprint density at radius 3 is 2.04 bits per heavy atom. The van der Waals surface area contributed by atoms with E-state index in [0.29, 0.717) is 17.4 Å². The van der Waals surface area contributed by atoms with E-state index < -0.39 is 0 Å². The second-order valence-electron chi connectivity index (χ2n) is 6.12. The summed E-state index contributed by atoms with van der Waals surface area (Å²) in [5.41, 5.74) is 0.729. The summed E-state index contributed by atoms with van der Waals surface area (Å²) in [6, 6.07) is 10.5. The van der Waals surface area contributed by atoms with E-state index in [4.69, 9.17) is 4.74 Å². The normalized spacial score (nSPS) is 11.3. The van der Waals surface area contributed by atoms with Crippen molar-refractivity contribution >= 4 is 21.5 Å². The van der Waals surface area contributed by atoms with Crippen LogP contribution >= 0.6 is 0 Å². The van der Waals surface area contributed by atoms with Crippen molar-refractivity contribution in [2.24, 2.45) is 0 Å². The van der Waals surface area contributed by atoms with Gasteiger partial charge in [-0.15, -0.1) is 0 Å². The van der Waals surface area contributed by atoms with Gasteiger partial charge in [-0.05, 0) is 47.7 Å². The van der Waals surface area contributed by atoms with E-state index in [2.05, 4.69) is 6.92 Å². The molecular formula is C21H22F2O. The summed E-state index contributed by atoms with van der Waals surface area (Å²) in [5, 5.41) is 2.48. The molecule has 24 heavy (non-hydrogen) atoms. The van der Waals surface area contributed by atoms with E-state index in [1.807, 2.05) is 25.1 Å². The summed E-state index contributed by atoms with van der Waals surface area (Å²) in [6.07, 6.45) is 3.54.